The van der Waals surface area contributed by atoms with Gasteiger partial charge in [-0.15, -0.1) is 25.7 Å². The Hall–Kier alpha value is -2.24. The molecule has 152 valence electrons. The summed E-state index contributed by atoms with van der Waals surface area (Å²) in [5.41, 5.74) is 4.50. The van der Waals surface area contributed by atoms with E-state index >= 15 is 0 Å². The number of allylic oxidation sites excluding steroid dienone is 1. The number of ether oxygens (including phenoxy) is 1. The summed E-state index contributed by atoms with van der Waals surface area (Å²) in [4.78, 5) is 33.8. The second kappa shape index (κ2) is 21.8. The molecular weight excluding hydrogens is 465 g/mol. The number of nitrogens with two attached hydrogens (primary N) is 1. The molecule has 4 N–H and O–H groups in total. The lowest BCUT2D eigenvalue weighted by molar-refractivity contribution is -0.137. The number of carbonyl (C=O) groups is 3. The van der Waals surface area contributed by atoms with Gasteiger partial charge in [0.1, 0.15) is 12.3 Å². The van der Waals surface area contributed by atoms with Gasteiger partial charge in [-0.25, -0.2) is 0 Å². The van der Waals surface area contributed by atoms with Crippen LogP contribution in [0.2, 0.25) is 0 Å². The van der Waals surface area contributed by atoms with Crippen molar-refractivity contribution < 1.29 is 24.2 Å². The number of carbonyl (C=O) groups excluding carboxylic acids is 2. The molecule has 0 unspecified atom stereocenters. The first-order valence-corrected chi connectivity index (χ1v) is 8.99. The van der Waals surface area contributed by atoms with Crippen LogP contribution in [0.4, 0.5) is 0 Å². The predicted molar refractivity (Wildman–Crippen MR) is 113 cm³/mol. The van der Waals surface area contributed by atoms with Crippen LogP contribution in [0, 0.1) is 25.7 Å². The van der Waals surface area contributed by atoms with Gasteiger partial charge in [-0.1, -0.05) is 0 Å². The first-order valence-electron chi connectivity index (χ1n) is 8.02. The van der Waals surface area contributed by atoms with E-state index in [0.717, 1.165) is 19.3 Å². The lowest BCUT2D eigenvalue weighted by Gasteiger charge is -2.17. The van der Waals surface area contributed by atoms with E-state index in [0.29, 0.717) is 18.8 Å². The van der Waals surface area contributed by atoms with E-state index in [-0.39, 0.29) is 31.3 Å². The summed E-state index contributed by atoms with van der Waals surface area (Å²) in [6, 6.07) is 0. The summed E-state index contributed by atoms with van der Waals surface area (Å²) in [6.07, 6.45) is 20.5. The lowest BCUT2D eigenvalue weighted by atomic mass is 10.1. The van der Waals surface area contributed by atoms with Crippen molar-refractivity contribution in [3.8, 4) is 25.7 Å². The van der Waals surface area contributed by atoms with E-state index in [2.05, 4.69) is 36.7 Å². The summed E-state index contributed by atoms with van der Waals surface area (Å²) < 4.78 is 6.63. The second-order valence-electron chi connectivity index (χ2n) is 4.62. The molecule has 9 heteroatoms. The third-order valence-corrected chi connectivity index (χ3v) is 3.62. The summed E-state index contributed by atoms with van der Waals surface area (Å²) >= 11 is 1.78. The van der Waals surface area contributed by atoms with Crippen LogP contribution < -0.4 is 11.1 Å². The second-order valence-corrected chi connectivity index (χ2v) is 5.79. The molecule has 0 saturated carbocycles. The van der Waals surface area contributed by atoms with Gasteiger partial charge in [0.25, 0.3) is 5.91 Å². The monoisotopic (exact) mass is 493 g/mol. The SMILES string of the molecule is C#C.C#C.CN.O=C(O)CCCNC(=O)CN(I)C(=O)/C=C1/CCCCO1. The number of terminal acetylenes is 2. The van der Waals surface area contributed by atoms with Crippen LogP contribution in [0.15, 0.2) is 11.8 Å². The van der Waals surface area contributed by atoms with Gasteiger partial charge in [0.15, 0.2) is 0 Å². The molecule has 1 aliphatic heterocycles. The highest BCUT2D eigenvalue weighted by atomic mass is 127. The zero-order valence-electron chi connectivity index (χ0n) is 15.5. The summed E-state index contributed by atoms with van der Waals surface area (Å²) in [5.74, 6) is -0.830. The summed E-state index contributed by atoms with van der Waals surface area (Å²) in [6.45, 7) is 0.842. The standard InChI is InChI=1S/C13H19IN2O5.2C2H2.CH5N/c14-16(9-11(17)15-6-3-5-13(19)20)12(18)8-10-4-1-2-7-21-10;3*1-2/h8H,1-7,9H2,(H,15,17)(H,19,20);2*1-2H;2H2,1H3/b10-8-;;;. The highest BCUT2D eigenvalue weighted by molar-refractivity contribution is 14.1. The molecule has 2 amide bonds. The highest BCUT2D eigenvalue weighted by Crippen LogP contribution is 2.16. The maximum absolute atomic E-state index is 11.9. The molecule has 0 aromatic carbocycles. The van der Waals surface area contributed by atoms with Gasteiger partial charge in [-0.05, 0) is 26.3 Å². The topological polar surface area (TPSA) is 122 Å². The van der Waals surface area contributed by atoms with Gasteiger partial charge < -0.3 is 20.9 Å². The largest absolute Gasteiger partial charge is 0.498 e. The van der Waals surface area contributed by atoms with Crippen LogP contribution in [0.5, 0.6) is 0 Å². The van der Waals surface area contributed by atoms with Gasteiger partial charge in [-0.3, -0.25) is 17.5 Å². The molecule has 0 atom stereocenters. The van der Waals surface area contributed by atoms with Crippen molar-refractivity contribution in [2.45, 2.75) is 32.1 Å². The number of carboxylic acids is 1. The Kier molecular flexibility index (Phi) is 23.8. The van der Waals surface area contributed by atoms with Crippen LogP contribution in [0.3, 0.4) is 0 Å². The van der Waals surface area contributed by atoms with Crippen LogP contribution >= 0.6 is 22.9 Å². The van der Waals surface area contributed by atoms with E-state index in [9.17, 15) is 14.4 Å². The van der Waals surface area contributed by atoms with E-state index < -0.39 is 5.97 Å². The number of halogens is 1. The molecule has 0 spiro atoms. The molecule has 0 aromatic rings. The fourth-order valence-electron chi connectivity index (χ4n) is 1.73. The predicted octanol–water partition coefficient (Wildman–Crippen LogP) is 1.30. The third-order valence-electron chi connectivity index (χ3n) is 2.80. The van der Waals surface area contributed by atoms with E-state index in [1.807, 2.05) is 0 Å². The number of aliphatic carboxylic acids is 1. The van der Waals surface area contributed by atoms with Crippen molar-refractivity contribution in [2.24, 2.45) is 5.73 Å². The number of nitrogens with one attached hydrogen (secondary N) is 1. The minimum atomic E-state index is -0.894. The Balaban J connectivity index is -0.000000869. The van der Waals surface area contributed by atoms with Crippen molar-refractivity contribution >= 4 is 40.6 Å². The molecule has 1 saturated heterocycles. The fourth-order valence-corrected chi connectivity index (χ4v) is 2.17. The van der Waals surface area contributed by atoms with Gasteiger partial charge >= 0.3 is 5.97 Å². The number of carboxylic acid groups (broad SMARTS) is 1. The molecule has 0 aliphatic carbocycles. The maximum Gasteiger partial charge on any atom is 0.303 e. The van der Waals surface area contributed by atoms with E-state index in [4.69, 9.17) is 9.84 Å². The summed E-state index contributed by atoms with van der Waals surface area (Å²) in [7, 11) is 1.50. The molecule has 0 aromatic heterocycles. The molecule has 8 nitrogen and oxygen atoms in total. The average Bonchev–Trinajstić information content (AvgIpc) is 2.70. The van der Waals surface area contributed by atoms with Crippen molar-refractivity contribution in [2.75, 3.05) is 26.7 Å². The lowest BCUT2D eigenvalue weighted by Crippen LogP contribution is -2.35. The van der Waals surface area contributed by atoms with Crippen molar-refractivity contribution in [3.63, 3.8) is 0 Å². The van der Waals surface area contributed by atoms with Crippen LogP contribution in [0.25, 0.3) is 0 Å². The number of hydrogen-bond donors (Lipinski definition) is 3. The maximum atomic E-state index is 11.9. The Morgan fingerprint density at radius 2 is 1.85 bits per heavy atom. The molecular formula is C18H28IN3O5. The fraction of sp³-hybridized carbons (Fsp3) is 0.500. The summed E-state index contributed by atoms with van der Waals surface area (Å²) in [5, 5.41) is 11.0. The molecule has 0 bridgehead atoms. The molecule has 1 aliphatic rings. The molecule has 0 radical (unpaired) electrons. The Bertz CT molecular complexity index is 490. The first kappa shape index (κ1) is 29.5. The van der Waals surface area contributed by atoms with Gasteiger partial charge in [0.2, 0.25) is 5.91 Å². The molecule has 1 rings (SSSR count). The van der Waals surface area contributed by atoms with Crippen LogP contribution in [-0.4, -0.2) is 52.7 Å². The molecule has 1 heterocycles. The average molecular weight is 493 g/mol. The quantitative estimate of drug-likeness (QED) is 0.162. The first-order chi connectivity index (χ1) is 13.0. The minimum Gasteiger partial charge on any atom is -0.498 e. The van der Waals surface area contributed by atoms with Crippen molar-refractivity contribution in [1.29, 1.82) is 0 Å². The zero-order valence-corrected chi connectivity index (χ0v) is 17.7. The molecule has 1 fully saturated rings. The van der Waals surface area contributed by atoms with Crippen LogP contribution in [-0.2, 0) is 19.1 Å². The highest BCUT2D eigenvalue weighted by Gasteiger charge is 2.15. The third kappa shape index (κ3) is 18.4. The van der Waals surface area contributed by atoms with Crippen molar-refractivity contribution in [3.05, 3.63) is 11.8 Å². The van der Waals surface area contributed by atoms with E-state index in [1.54, 1.807) is 22.9 Å². The minimum absolute atomic E-state index is 0.0105. The Morgan fingerprint density at radius 1 is 1.26 bits per heavy atom. The number of amides is 2. The van der Waals surface area contributed by atoms with Gasteiger partial charge in [0.05, 0.1) is 29.5 Å². The Morgan fingerprint density at radius 3 is 2.33 bits per heavy atom. The Labute approximate surface area is 175 Å². The van der Waals surface area contributed by atoms with Crippen LogP contribution in [0.1, 0.15) is 32.1 Å². The van der Waals surface area contributed by atoms with E-state index in [1.165, 1.54) is 16.2 Å². The zero-order chi connectivity index (χ0) is 21.7. The van der Waals surface area contributed by atoms with Gasteiger partial charge in [-0.2, -0.15) is 0 Å². The van der Waals surface area contributed by atoms with Gasteiger partial charge in [0, 0.05) is 25.5 Å². The number of rotatable bonds is 7. The normalized spacial score (nSPS) is 12.9. The van der Waals surface area contributed by atoms with Crippen molar-refractivity contribution in [1.82, 2.24) is 8.43 Å². The number of nitrogens with zero attached hydrogens (tertiary/aromatic N) is 1. The number of hydrogen-bond acceptors (Lipinski definition) is 5. The molecule has 27 heavy (non-hydrogen) atoms. The smallest absolute Gasteiger partial charge is 0.303 e.